The highest BCUT2D eigenvalue weighted by atomic mass is 16.1. The Hall–Kier alpha value is -6.34. The van der Waals surface area contributed by atoms with Crippen LogP contribution < -0.4 is 16.6 Å². The first-order chi connectivity index (χ1) is 21.9. The molecule has 2 aromatic heterocycles. The van der Waals surface area contributed by atoms with Crippen molar-refractivity contribution in [3.63, 3.8) is 0 Å². The third-order valence-electron chi connectivity index (χ3n) is 7.97. The predicted octanol–water partition coefficient (Wildman–Crippen LogP) is 7.33. The number of aromatic nitrogens is 2. The van der Waals surface area contributed by atoms with E-state index in [0.29, 0.717) is 10.8 Å². The molecular formula is C38H27N5O2. The monoisotopic (exact) mass is 585 g/mol. The van der Waals surface area contributed by atoms with Gasteiger partial charge >= 0.3 is 0 Å². The zero-order chi connectivity index (χ0) is 31.1. The number of rotatable bonds is 2. The smallest absolute Gasteiger partial charge is 0.197 e. The fourth-order valence-corrected chi connectivity index (χ4v) is 5.84. The zero-order valence-electron chi connectivity index (χ0n) is 24.1. The molecule has 45 heavy (non-hydrogen) atoms. The summed E-state index contributed by atoms with van der Waals surface area (Å²) in [5.74, 6) is 0. The molecule has 1 aliphatic rings. The number of para-hydroxylation sites is 4. The van der Waals surface area contributed by atoms with Crippen LogP contribution in [0.5, 0.6) is 0 Å². The molecule has 7 aromatic rings. The molecule has 1 aliphatic carbocycles. The first-order valence-electron chi connectivity index (χ1n) is 14.4. The third kappa shape index (κ3) is 4.73. The first-order valence-corrected chi connectivity index (χ1v) is 14.4. The number of fused-ring (bicyclic) bond motifs is 4. The van der Waals surface area contributed by atoms with Crippen LogP contribution in [0.15, 0.2) is 149 Å². The second-order valence-electron chi connectivity index (χ2n) is 10.7. The van der Waals surface area contributed by atoms with Gasteiger partial charge in [0.05, 0.1) is 33.5 Å². The number of benzene rings is 5. The fourth-order valence-electron chi connectivity index (χ4n) is 5.84. The van der Waals surface area contributed by atoms with Gasteiger partial charge in [0.2, 0.25) is 0 Å². The summed E-state index contributed by atoms with van der Waals surface area (Å²) in [7, 11) is 0. The highest BCUT2D eigenvalue weighted by molar-refractivity contribution is 6.50. The summed E-state index contributed by atoms with van der Waals surface area (Å²) in [6, 6.07) is 38.0. The number of hydrogen-bond acceptors (Lipinski definition) is 5. The predicted molar refractivity (Wildman–Crippen MR) is 186 cm³/mol. The lowest BCUT2D eigenvalue weighted by Crippen LogP contribution is -2.15. The second-order valence-corrected chi connectivity index (χ2v) is 10.7. The Balaban J connectivity index is 0.000000145. The molecule has 0 unspecified atom stereocenters. The number of anilines is 1. The minimum Gasteiger partial charge on any atom is -0.399 e. The molecule has 8 rings (SSSR count). The van der Waals surface area contributed by atoms with E-state index < -0.39 is 0 Å². The molecule has 7 heteroatoms. The van der Waals surface area contributed by atoms with E-state index in [1.165, 1.54) is 0 Å². The van der Waals surface area contributed by atoms with Gasteiger partial charge < -0.3 is 14.9 Å². The minimum atomic E-state index is 0.00987. The van der Waals surface area contributed by atoms with Gasteiger partial charge in [0, 0.05) is 38.6 Å². The molecule has 216 valence electrons. The van der Waals surface area contributed by atoms with E-state index in [2.05, 4.69) is 4.57 Å². The molecule has 0 radical (unpaired) electrons. The van der Waals surface area contributed by atoms with Gasteiger partial charge in [-0.25, -0.2) is 0 Å². The van der Waals surface area contributed by atoms with Gasteiger partial charge in [-0.15, -0.1) is 0 Å². The maximum absolute atomic E-state index is 12.7. The first kappa shape index (κ1) is 27.5. The van der Waals surface area contributed by atoms with Crippen molar-refractivity contribution in [2.24, 2.45) is 0 Å². The Bertz CT molecular complexity index is 2400. The maximum Gasteiger partial charge on any atom is 0.197 e. The van der Waals surface area contributed by atoms with E-state index in [9.17, 15) is 9.59 Å². The van der Waals surface area contributed by atoms with Crippen LogP contribution >= 0.6 is 0 Å². The van der Waals surface area contributed by atoms with Crippen LogP contribution in [0.3, 0.4) is 0 Å². The maximum atomic E-state index is 12.7. The molecule has 5 aromatic carbocycles. The van der Waals surface area contributed by atoms with Gasteiger partial charge in [-0.2, -0.15) is 0 Å². The fraction of sp³-hybridized carbons (Fsp3) is 0. The number of hydrogen-bond donors (Lipinski definition) is 3. The lowest BCUT2D eigenvalue weighted by atomic mass is 10.0. The van der Waals surface area contributed by atoms with Gasteiger partial charge in [0.25, 0.3) is 0 Å². The van der Waals surface area contributed by atoms with Gasteiger partial charge in [-0.1, -0.05) is 48.5 Å². The van der Waals surface area contributed by atoms with E-state index in [1.54, 1.807) is 12.2 Å². The molecule has 4 N–H and O–H groups in total. The summed E-state index contributed by atoms with van der Waals surface area (Å²) in [6.07, 6.45) is 5.08. The number of nitrogens with two attached hydrogens (primary N) is 1. The number of pyridine rings is 2. The molecule has 0 saturated heterocycles. The van der Waals surface area contributed by atoms with Crippen molar-refractivity contribution in [3.8, 4) is 5.69 Å². The van der Waals surface area contributed by atoms with Crippen molar-refractivity contribution in [1.82, 2.24) is 9.13 Å². The van der Waals surface area contributed by atoms with Crippen LogP contribution in [0.1, 0.15) is 0 Å². The Morgan fingerprint density at radius 1 is 0.467 bits per heavy atom. The standard InChI is InChI=1S/C19H13N3O.C19H14N2O/c20-15-10-9-12(11-16(15)21)22-17-7-3-1-5-13(17)19(23)14-6-2-4-8-18(14)22;20-13-9-11-14(12-10-13)21-17-7-3-1-5-15(17)19(22)16-6-2-4-8-18(16)21/h1-11,20-21H;1-12H,20H2. The average Bonchev–Trinajstić information content (AvgIpc) is 3.08. The molecule has 0 fully saturated rings. The van der Waals surface area contributed by atoms with Gasteiger partial charge in [-0.05, 0) is 91.0 Å². The summed E-state index contributed by atoms with van der Waals surface area (Å²) >= 11 is 0. The number of nitrogen functional groups attached to an aromatic ring is 1. The lowest BCUT2D eigenvalue weighted by Gasteiger charge is -2.18. The topological polar surface area (TPSA) is 118 Å². The Labute approximate surface area is 257 Å². The summed E-state index contributed by atoms with van der Waals surface area (Å²) in [4.78, 5) is 25.4. The summed E-state index contributed by atoms with van der Waals surface area (Å²) < 4.78 is 4.08. The molecule has 0 spiro atoms. The van der Waals surface area contributed by atoms with Gasteiger partial charge in [0.1, 0.15) is 0 Å². The Kier molecular flexibility index (Phi) is 6.75. The van der Waals surface area contributed by atoms with Crippen LogP contribution in [0, 0.1) is 10.8 Å². The van der Waals surface area contributed by atoms with Crippen LogP contribution in [-0.4, -0.2) is 20.6 Å². The average molecular weight is 586 g/mol. The van der Waals surface area contributed by atoms with Crippen molar-refractivity contribution < 1.29 is 0 Å². The molecule has 2 heterocycles. The van der Waals surface area contributed by atoms with Crippen molar-refractivity contribution in [2.45, 2.75) is 0 Å². The van der Waals surface area contributed by atoms with Crippen molar-refractivity contribution >= 4 is 66.4 Å². The van der Waals surface area contributed by atoms with Gasteiger partial charge in [0.15, 0.2) is 10.9 Å². The molecule has 0 amide bonds. The van der Waals surface area contributed by atoms with Crippen LogP contribution in [0.25, 0.3) is 55.0 Å². The Morgan fingerprint density at radius 3 is 1.29 bits per heavy atom. The zero-order valence-corrected chi connectivity index (χ0v) is 24.1. The third-order valence-corrected chi connectivity index (χ3v) is 7.97. The highest BCUT2D eigenvalue weighted by Crippen LogP contribution is 2.26. The van der Waals surface area contributed by atoms with Crippen molar-refractivity contribution in [1.29, 1.82) is 10.8 Å². The quantitative estimate of drug-likeness (QED) is 0.112. The molecule has 0 saturated carbocycles. The highest BCUT2D eigenvalue weighted by Gasteiger charge is 2.15. The number of allylic oxidation sites excluding steroid dienone is 4. The Morgan fingerprint density at radius 2 is 0.867 bits per heavy atom. The second kappa shape index (κ2) is 11.1. The largest absolute Gasteiger partial charge is 0.399 e. The van der Waals surface area contributed by atoms with E-state index in [-0.39, 0.29) is 22.3 Å². The minimum absolute atomic E-state index is 0.00987. The lowest BCUT2D eigenvalue weighted by molar-refractivity contribution is 1.16. The van der Waals surface area contributed by atoms with Crippen LogP contribution in [0.2, 0.25) is 0 Å². The molecule has 0 aliphatic heterocycles. The normalized spacial score (nSPS) is 12.8. The molecule has 7 nitrogen and oxygen atoms in total. The summed E-state index contributed by atoms with van der Waals surface area (Å²) in [6.45, 7) is 0. The van der Waals surface area contributed by atoms with Crippen LogP contribution in [-0.2, 0) is 0 Å². The van der Waals surface area contributed by atoms with E-state index in [0.717, 1.165) is 49.9 Å². The van der Waals surface area contributed by atoms with E-state index in [4.69, 9.17) is 16.6 Å². The van der Waals surface area contributed by atoms with Crippen molar-refractivity contribution in [3.05, 3.63) is 160 Å². The SMILES string of the molecule is N=C1C=CC(n2c3ccccc3c(=O)c3ccccc32)=CC1=N.Nc1ccc(-n2c3ccccc3c(=O)c3ccccc32)cc1. The molecule has 0 bridgehead atoms. The van der Waals surface area contributed by atoms with Gasteiger partial charge in [-0.3, -0.25) is 20.4 Å². The van der Waals surface area contributed by atoms with Crippen LogP contribution in [0.4, 0.5) is 5.69 Å². The number of nitrogens with one attached hydrogen (secondary N) is 2. The number of nitrogens with zero attached hydrogens (tertiary/aromatic N) is 2. The summed E-state index contributed by atoms with van der Waals surface area (Å²) in [5, 5.41) is 18.3. The molecular weight excluding hydrogens is 558 g/mol. The molecule has 0 atom stereocenters. The summed E-state index contributed by atoms with van der Waals surface area (Å²) in [5.41, 5.74) is 12.1. The van der Waals surface area contributed by atoms with Crippen molar-refractivity contribution in [2.75, 3.05) is 5.73 Å². The van der Waals surface area contributed by atoms with E-state index >= 15 is 0 Å². The van der Waals surface area contributed by atoms with E-state index in [1.807, 2.05) is 132 Å².